The molecule has 0 spiro atoms. The van der Waals surface area contributed by atoms with E-state index in [1.165, 1.54) is 37.1 Å². The zero-order valence-electron chi connectivity index (χ0n) is 16.2. The van der Waals surface area contributed by atoms with E-state index in [9.17, 15) is 14.0 Å². The number of halogens is 1. The van der Waals surface area contributed by atoms with E-state index in [-0.39, 0.29) is 11.3 Å². The normalized spacial score (nSPS) is 13.9. The summed E-state index contributed by atoms with van der Waals surface area (Å²) in [5.74, 6) is -0.465. The fourth-order valence-electron chi connectivity index (χ4n) is 3.31. The number of hydrogen-bond donors (Lipinski definition) is 0. The van der Waals surface area contributed by atoms with E-state index >= 15 is 0 Å². The van der Waals surface area contributed by atoms with Gasteiger partial charge in [-0.2, -0.15) is 0 Å². The molecule has 1 heterocycles. The first-order chi connectivity index (χ1) is 14.6. The van der Waals surface area contributed by atoms with Crippen molar-refractivity contribution >= 4 is 34.8 Å². The zero-order valence-corrected chi connectivity index (χ0v) is 17.0. The molecule has 0 N–H and O–H groups in total. The Balaban J connectivity index is 1.79. The number of rotatable bonds is 6. The molecular formula is C24H18FNO3S. The Bertz CT molecular complexity index is 1140. The van der Waals surface area contributed by atoms with Crippen molar-refractivity contribution in [3.63, 3.8) is 0 Å². The minimum absolute atomic E-state index is 0.202. The fraction of sp³-hybridized carbons (Fsp3) is 0.0833. The highest BCUT2D eigenvalue weighted by molar-refractivity contribution is 8.03. The largest absolute Gasteiger partial charge is 0.496 e. The van der Waals surface area contributed by atoms with Crippen molar-refractivity contribution < 1.29 is 18.7 Å². The van der Waals surface area contributed by atoms with Gasteiger partial charge in [0, 0.05) is 11.3 Å². The highest BCUT2D eigenvalue weighted by Crippen LogP contribution is 2.42. The molecular weight excluding hydrogens is 401 g/mol. The molecule has 1 aliphatic heterocycles. The van der Waals surface area contributed by atoms with Crippen LogP contribution in [0, 0.1) is 5.82 Å². The van der Waals surface area contributed by atoms with E-state index in [0.29, 0.717) is 22.0 Å². The average Bonchev–Trinajstić information content (AvgIpc) is 3.02. The predicted molar refractivity (Wildman–Crippen MR) is 117 cm³/mol. The number of carbonyl (C=O) groups excluding carboxylic acids is 2. The Kier molecular flexibility index (Phi) is 5.68. The van der Waals surface area contributed by atoms with Gasteiger partial charge in [0.1, 0.15) is 11.6 Å². The molecule has 3 aromatic carbocycles. The molecule has 0 saturated carbocycles. The first-order valence-electron chi connectivity index (χ1n) is 9.29. The van der Waals surface area contributed by atoms with Crippen molar-refractivity contribution in [2.24, 2.45) is 0 Å². The molecule has 4 nitrogen and oxygen atoms in total. The Hall–Kier alpha value is -3.38. The van der Waals surface area contributed by atoms with Gasteiger partial charge in [0.2, 0.25) is 0 Å². The number of thioether (sulfide) groups is 1. The maximum absolute atomic E-state index is 13.8. The first kappa shape index (κ1) is 19.9. The number of ether oxygens (including phenoxy) is 1. The summed E-state index contributed by atoms with van der Waals surface area (Å²) in [5.41, 5.74) is 2.03. The van der Waals surface area contributed by atoms with Gasteiger partial charge in [-0.05, 0) is 29.8 Å². The monoisotopic (exact) mass is 419 g/mol. The minimum atomic E-state index is -0.516. The molecule has 0 saturated heterocycles. The van der Waals surface area contributed by atoms with Gasteiger partial charge in [0.25, 0.3) is 11.8 Å². The molecule has 0 radical (unpaired) electrons. The van der Waals surface area contributed by atoms with Crippen LogP contribution in [0.3, 0.4) is 0 Å². The van der Waals surface area contributed by atoms with E-state index in [4.69, 9.17) is 4.74 Å². The summed E-state index contributed by atoms with van der Waals surface area (Å²) in [5, 5.41) is 0. The standard InChI is InChI=1S/C24H18FNO3S/c1-29-20-13-6-5-12-19(20)21-22(30-15-16-8-3-2-4-9-16)24(28)26(23(21)27)18-11-7-10-17(25)14-18/h2-14H,15H2,1H3. The van der Waals surface area contributed by atoms with Crippen molar-refractivity contribution in [3.8, 4) is 5.75 Å². The summed E-state index contributed by atoms with van der Waals surface area (Å²) in [6.45, 7) is 0. The number of imide groups is 1. The van der Waals surface area contributed by atoms with Crippen molar-refractivity contribution in [1.29, 1.82) is 0 Å². The molecule has 0 atom stereocenters. The van der Waals surface area contributed by atoms with Crippen LogP contribution in [0.4, 0.5) is 10.1 Å². The highest BCUT2D eigenvalue weighted by atomic mass is 32.2. The summed E-state index contributed by atoms with van der Waals surface area (Å²) in [7, 11) is 1.52. The third kappa shape index (κ3) is 3.74. The average molecular weight is 419 g/mol. The van der Waals surface area contributed by atoms with Gasteiger partial charge < -0.3 is 4.74 Å². The number of para-hydroxylation sites is 1. The Morgan fingerprint density at radius 1 is 0.900 bits per heavy atom. The van der Waals surface area contributed by atoms with Crippen molar-refractivity contribution in [2.75, 3.05) is 12.0 Å². The summed E-state index contributed by atoms with van der Waals surface area (Å²) in [6, 6.07) is 22.2. The molecule has 0 aliphatic carbocycles. The van der Waals surface area contributed by atoms with Crippen LogP contribution in [0.15, 0.2) is 83.8 Å². The highest BCUT2D eigenvalue weighted by Gasteiger charge is 2.41. The van der Waals surface area contributed by atoms with Gasteiger partial charge in [-0.3, -0.25) is 9.59 Å². The van der Waals surface area contributed by atoms with Crippen LogP contribution in [-0.2, 0) is 15.3 Å². The number of carbonyl (C=O) groups is 2. The maximum Gasteiger partial charge on any atom is 0.272 e. The number of anilines is 1. The van der Waals surface area contributed by atoms with Gasteiger partial charge in [0.05, 0.1) is 23.3 Å². The van der Waals surface area contributed by atoms with Gasteiger partial charge in [-0.15, -0.1) is 11.8 Å². The van der Waals surface area contributed by atoms with E-state index in [0.717, 1.165) is 10.5 Å². The number of nitrogens with zero attached hydrogens (tertiary/aromatic N) is 1. The van der Waals surface area contributed by atoms with Crippen LogP contribution >= 0.6 is 11.8 Å². The third-order valence-corrected chi connectivity index (χ3v) is 5.86. The van der Waals surface area contributed by atoms with E-state index in [1.54, 1.807) is 30.3 Å². The molecule has 4 rings (SSSR count). The fourth-order valence-corrected chi connectivity index (χ4v) is 4.37. The molecule has 150 valence electrons. The second-order valence-electron chi connectivity index (χ2n) is 6.60. The lowest BCUT2D eigenvalue weighted by Crippen LogP contribution is -2.31. The second kappa shape index (κ2) is 8.55. The zero-order chi connectivity index (χ0) is 21.1. The molecule has 1 aliphatic rings. The number of hydrogen-bond acceptors (Lipinski definition) is 4. The lowest BCUT2D eigenvalue weighted by molar-refractivity contribution is -0.119. The number of methoxy groups -OCH3 is 1. The lowest BCUT2D eigenvalue weighted by atomic mass is 10.0. The molecule has 2 amide bonds. The molecule has 6 heteroatoms. The summed E-state index contributed by atoms with van der Waals surface area (Å²) >= 11 is 1.29. The van der Waals surface area contributed by atoms with Crippen LogP contribution in [0.5, 0.6) is 5.75 Å². The van der Waals surface area contributed by atoms with E-state index in [2.05, 4.69) is 0 Å². The van der Waals surface area contributed by atoms with E-state index in [1.807, 2.05) is 30.3 Å². The molecule has 0 aromatic heterocycles. The van der Waals surface area contributed by atoms with Crippen LogP contribution < -0.4 is 9.64 Å². The smallest absolute Gasteiger partial charge is 0.272 e. The second-order valence-corrected chi connectivity index (χ2v) is 7.59. The van der Waals surface area contributed by atoms with Gasteiger partial charge >= 0.3 is 0 Å². The van der Waals surface area contributed by atoms with Crippen LogP contribution in [0.1, 0.15) is 11.1 Å². The molecule has 0 unspecified atom stereocenters. The Labute approximate surface area is 178 Å². The van der Waals surface area contributed by atoms with Crippen molar-refractivity contribution in [3.05, 3.63) is 101 Å². The minimum Gasteiger partial charge on any atom is -0.496 e. The SMILES string of the molecule is COc1ccccc1C1=C(SCc2ccccc2)C(=O)N(c2cccc(F)c2)C1=O. The number of amides is 2. The Morgan fingerprint density at radius 3 is 2.37 bits per heavy atom. The molecule has 3 aromatic rings. The van der Waals surface area contributed by atoms with Crippen molar-refractivity contribution in [2.45, 2.75) is 5.75 Å². The van der Waals surface area contributed by atoms with Crippen LogP contribution in [0.25, 0.3) is 5.57 Å². The summed E-state index contributed by atoms with van der Waals surface area (Å²) in [4.78, 5) is 28.0. The first-order valence-corrected chi connectivity index (χ1v) is 10.3. The maximum atomic E-state index is 13.8. The van der Waals surface area contributed by atoms with Gasteiger partial charge in [-0.25, -0.2) is 9.29 Å². The quantitative estimate of drug-likeness (QED) is 0.525. The Morgan fingerprint density at radius 2 is 1.63 bits per heavy atom. The molecule has 30 heavy (non-hydrogen) atoms. The lowest BCUT2D eigenvalue weighted by Gasteiger charge is -2.15. The topological polar surface area (TPSA) is 46.6 Å². The van der Waals surface area contributed by atoms with Crippen molar-refractivity contribution in [1.82, 2.24) is 0 Å². The third-order valence-electron chi connectivity index (χ3n) is 4.71. The molecule has 0 bridgehead atoms. The van der Waals surface area contributed by atoms with Crippen LogP contribution in [-0.4, -0.2) is 18.9 Å². The van der Waals surface area contributed by atoms with Crippen LogP contribution in [0.2, 0.25) is 0 Å². The van der Waals surface area contributed by atoms with Gasteiger partial charge in [-0.1, -0.05) is 54.6 Å². The molecule has 0 fully saturated rings. The number of benzene rings is 3. The summed E-state index contributed by atoms with van der Waals surface area (Å²) < 4.78 is 19.2. The van der Waals surface area contributed by atoms with Gasteiger partial charge in [0.15, 0.2) is 0 Å². The summed E-state index contributed by atoms with van der Waals surface area (Å²) in [6.07, 6.45) is 0. The van der Waals surface area contributed by atoms with E-state index < -0.39 is 17.6 Å². The predicted octanol–water partition coefficient (Wildman–Crippen LogP) is 5.05.